The Kier molecular flexibility index (Phi) is 7.27. The molecule has 0 saturated carbocycles. The van der Waals surface area contributed by atoms with Crippen LogP contribution in [0.1, 0.15) is 27.2 Å². The van der Waals surface area contributed by atoms with Gasteiger partial charge in [0.05, 0.1) is 11.4 Å². The highest BCUT2D eigenvalue weighted by Gasteiger charge is 2.51. The van der Waals surface area contributed by atoms with Gasteiger partial charge in [0.25, 0.3) is 0 Å². The predicted molar refractivity (Wildman–Crippen MR) is 125 cm³/mol. The molecule has 2 aromatic rings. The van der Waals surface area contributed by atoms with Crippen molar-refractivity contribution in [2.45, 2.75) is 37.6 Å². The minimum atomic E-state index is -3.96. The molecule has 9 heteroatoms. The number of nitrogens with one attached hydrogen (secondary N) is 1. The number of halogens is 1. The molecule has 1 atom stereocenters. The highest BCUT2D eigenvalue weighted by atomic mass is 35.5. The number of carbonyl (C=O) groups is 2. The van der Waals surface area contributed by atoms with E-state index in [4.69, 9.17) is 11.6 Å². The van der Waals surface area contributed by atoms with Crippen LogP contribution in [0.3, 0.4) is 0 Å². The van der Waals surface area contributed by atoms with E-state index in [2.05, 4.69) is 5.32 Å². The fraction of sp³-hybridized carbons (Fsp3) is 0.391. The lowest BCUT2D eigenvalue weighted by Gasteiger charge is -2.46. The Morgan fingerprint density at radius 1 is 1.12 bits per heavy atom. The number of benzene rings is 2. The zero-order valence-electron chi connectivity index (χ0n) is 18.4. The second kappa shape index (κ2) is 9.60. The Balaban J connectivity index is 1.99. The quantitative estimate of drug-likeness (QED) is 0.662. The van der Waals surface area contributed by atoms with Gasteiger partial charge in [-0.15, -0.1) is 0 Å². The van der Waals surface area contributed by atoms with Crippen molar-refractivity contribution in [3.63, 3.8) is 0 Å². The number of anilines is 1. The van der Waals surface area contributed by atoms with E-state index in [1.807, 2.05) is 13.8 Å². The van der Waals surface area contributed by atoms with Crippen LogP contribution < -0.4 is 10.2 Å². The zero-order valence-corrected chi connectivity index (χ0v) is 20.0. The van der Waals surface area contributed by atoms with Gasteiger partial charge in [0, 0.05) is 23.8 Å². The van der Waals surface area contributed by atoms with Gasteiger partial charge in [-0.05, 0) is 55.7 Å². The molecule has 0 unspecified atom stereocenters. The van der Waals surface area contributed by atoms with Crippen LogP contribution in [0.4, 0.5) is 5.69 Å². The first-order chi connectivity index (χ1) is 15.1. The van der Waals surface area contributed by atoms with Crippen molar-refractivity contribution in [3.8, 4) is 0 Å². The molecule has 3 rings (SSSR count). The van der Waals surface area contributed by atoms with Gasteiger partial charge >= 0.3 is 0 Å². The highest BCUT2D eigenvalue weighted by Crippen LogP contribution is 2.32. The van der Waals surface area contributed by atoms with E-state index in [0.717, 1.165) is 10.7 Å². The summed E-state index contributed by atoms with van der Waals surface area (Å²) < 4.78 is 27.6. The molecule has 0 bridgehead atoms. The van der Waals surface area contributed by atoms with Gasteiger partial charge < -0.3 is 5.32 Å². The number of sulfonamides is 1. The average Bonchev–Trinajstić information content (AvgIpc) is 2.75. The van der Waals surface area contributed by atoms with Crippen LogP contribution in [0.15, 0.2) is 59.5 Å². The van der Waals surface area contributed by atoms with Crippen LogP contribution in [0, 0.1) is 5.92 Å². The lowest BCUT2D eigenvalue weighted by atomic mass is 9.94. The van der Waals surface area contributed by atoms with Crippen molar-refractivity contribution in [3.05, 3.63) is 59.6 Å². The summed E-state index contributed by atoms with van der Waals surface area (Å²) in [7, 11) is -3.96. The third-order valence-electron chi connectivity index (χ3n) is 5.50. The maximum atomic E-state index is 13.4. The average molecular weight is 478 g/mol. The Hall–Kier alpha value is -2.42. The van der Waals surface area contributed by atoms with Gasteiger partial charge in [-0.25, -0.2) is 8.42 Å². The SMILES string of the molecule is CC(C)CCNC(=O)[C@]1(C)CN(S(=O)(=O)c2ccccc2)CC(=O)N1c1ccc(Cl)cc1. The zero-order chi connectivity index (χ0) is 23.5. The summed E-state index contributed by atoms with van der Waals surface area (Å²) >= 11 is 6.00. The van der Waals surface area contributed by atoms with Gasteiger partial charge in [0.15, 0.2) is 0 Å². The molecule has 2 amide bonds. The Labute approximate surface area is 194 Å². The third kappa shape index (κ3) is 4.98. The van der Waals surface area contributed by atoms with Crippen LogP contribution in [0.2, 0.25) is 5.02 Å². The first kappa shape index (κ1) is 24.2. The number of amides is 2. The maximum absolute atomic E-state index is 13.4. The van der Waals surface area contributed by atoms with Crippen molar-refractivity contribution < 1.29 is 18.0 Å². The second-order valence-corrected chi connectivity index (χ2v) is 10.9. The summed E-state index contributed by atoms with van der Waals surface area (Å²) in [6.45, 7) is 5.58. The summed E-state index contributed by atoms with van der Waals surface area (Å²) in [5.74, 6) is -0.507. The van der Waals surface area contributed by atoms with Crippen LogP contribution >= 0.6 is 11.6 Å². The van der Waals surface area contributed by atoms with E-state index in [-0.39, 0.29) is 18.0 Å². The number of nitrogens with zero attached hydrogens (tertiary/aromatic N) is 2. The molecular weight excluding hydrogens is 450 g/mol. The van der Waals surface area contributed by atoms with Crippen molar-refractivity contribution in [1.29, 1.82) is 0 Å². The summed E-state index contributed by atoms with van der Waals surface area (Å²) in [5, 5.41) is 3.38. The highest BCUT2D eigenvalue weighted by molar-refractivity contribution is 7.89. The van der Waals surface area contributed by atoms with E-state index >= 15 is 0 Å². The first-order valence-corrected chi connectivity index (χ1v) is 12.3. The second-order valence-electron chi connectivity index (χ2n) is 8.50. The lowest BCUT2D eigenvalue weighted by Crippen LogP contribution is -2.70. The molecule has 1 N–H and O–H groups in total. The van der Waals surface area contributed by atoms with Crippen molar-refractivity contribution in [2.75, 3.05) is 24.5 Å². The lowest BCUT2D eigenvalue weighted by molar-refractivity contribution is -0.132. The van der Waals surface area contributed by atoms with Crippen LogP contribution in [-0.4, -0.2) is 49.7 Å². The molecule has 0 aliphatic carbocycles. The molecule has 0 radical (unpaired) electrons. The fourth-order valence-electron chi connectivity index (χ4n) is 3.74. The standard InChI is InChI=1S/C23H28ClN3O4S/c1-17(2)13-14-25-22(29)23(3)16-26(32(30,31)20-7-5-4-6-8-20)15-21(28)27(23)19-11-9-18(24)10-12-19/h4-12,17H,13-16H2,1-3H3,(H,25,29)/t23-/m0/s1. The number of hydrogen-bond acceptors (Lipinski definition) is 4. The summed E-state index contributed by atoms with van der Waals surface area (Å²) in [6, 6.07) is 14.5. The van der Waals surface area contributed by atoms with Gasteiger partial charge in [0.2, 0.25) is 21.8 Å². The number of piperazine rings is 1. The van der Waals surface area contributed by atoms with E-state index in [1.54, 1.807) is 49.4 Å². The van der Waals surface area contributed by atoms with Gasteiger partial charge in [-0.2, -0.15) is 4.31 Å². The maximum Gasteiger partial charge on any atom is 0.247 e. The molecule has 1 heterocycles. The molecule has 32 heavy (non-hydrogen) atoms. The van der Waals surface area contributed by atoms with E-state index in [1.165, 1.54) is 17.0 Å². The normalized spacial score (nSPS) is 19.9. The molecule has 0 aromatic heterocycles. The Morgan fingerprint density at radius 3 is 2.34 bits per heavy atom. The molecule has 1 aliphatic rings. The van der Waals surface area contributed by atoms with Gasteiger partial charge in [0.1, 0.15) is 5.54 Å². The van der Waals surface area contributed by atoms with Gasteiger partial charge in [-0.3, -0.25) is 14.5 Å². The monoisotopic (exact) mass is 477 g/mol. The minimum absolute atomic E-state index is 0.0790. The number of rotatable bonds is 7. The van der Waals surface area contributed by atoms with E-state index in [9.17, 15) is 18.0 Å². The van der Waals surface area contributed by atoms with Crippen LogP contribution in [0.25, 0.3) is 0 Å². The third-order valence-corrected chi connectivity index (χ3v) is 7.56. The van der Waals surface area contributed by atoms with E-state index in [0.29, 0.717) is 23.2 Å². The first-order valence-electron chi connectivity index (χ1n) is 10.5. The van der Waals surface area contributed by atoms with Crippen LogP contribution in [0.5, 0.6) is 0 Å². The largest absolute Gasteiger partial charge is 0.354 e. The summed E-state index contributed by atoms with van der Waals surface area (Å²) in [4.78, 5) is 28.1. The fourth-order valence-corrected chi connectivity index (χ4v) is 5.36. The van der Waals surface area contributed by atoms with Gasteiger partial charge in [-0.1, -0.05) is 43.6 Å². The number of carbonyl (C=O) groups excluding carboxylic acids is 2. The molecule has 1 fully saturated rings. The summed E-state index contributed by atoms with van der Waals surface area (Å²) in [5.41, 5.74) is -0.959. The van der Waals surface area contributed by atoms with Crippen molar-refractivity contribution in [2.24, 2.45) is 5.92 Å². The molecular formula is C23H28ClN3O4S. The minimum Gasteiger partial charge on any atom is -0.354 e. The molecule has 1 saturated heterocycles. The smallest absolute Gasteiger partial charge is 0.247 e. The van der Waals surface area contributed by atoms with Crippen LogP contribution in [-0.2, 0) is 19.6 Å². The molecule has 1 aliphatic heterocycles. The molecule has 0 spiro atoms. The molecule has 172 valence electrons. The molecule has 2 aromatic carbocycles. The predicted octanol–water partition coefficient (Wildman–Crippen LogP) is 3.30. The Morgan fingerprint density at radius 2 is 1.75 bits per heavy atom. The Bertz CT molecular complexity index is 1070. The number of hydrogen-bond donors (Lipinski definition) is 1. The van der Waals surface area contributed by atoms with Crippen molar-refractivity contribution >= 4 is 39.1 Å². The van der Waals surface area contributed by atoms with E-state index < -0.39 is 27.4 Å². The van der Waals surface area contributed by atoms with Crippen molar-refractivity contribution in [1.82, 2.24) is 9.62 Å². The topological polar surface area (TPSA) is 86.8 Å². The molecule has 7 nitrogen and oxygen atoms in total. The summed E-state index contributed by atoms with van der Waals surface area (Å²) in [6.07, 6.45) is 0.767.